The Labute approximate surface area is 118 Å². The van der Waals surface area contributed by atoms with Crippen molar-refractivity contribution in [3.63, 3.8) is 0 Å². The van der Waals surface area contributed by atoms with Crippen LogP contribution in [0.3, 0.4) is 0 Å². The molecule has 3 aliphatic rings. The lowest BCUT2D eigenvalue weighted by Gasteiger charge is -2.33. The Morgan fingerprint density at radius 3 is 1.90 bits per heavy atom. The SMILES string of the molecule is Cc1cc2c3c(c1)CC=C1CC(=O)C(=O)CC(=CC2)C13. The molecular formula is C18H16O2. The third kappa shape index (κ3) is 1.57. The molecule has 1 saturated carbocycles. The van der Waals surface area contributed by atoms with Crippen LogP contribution in [0, 0.1) is 6.92 Å². The quantitative estimate of drug-likeness (QED) is 0.533. The lowest BCUT2D eigenvalue weighted by Crippen LogP contribution is -2.18. The van der Waals surface area contributed by atoms with Crippen LogP contribution in [0.4, 0.5) is 0 Å². The highest BCUT2D eigenvalue weighted by Gasteiger charge is 2.36. The number of aryl methyl sites for hydroxylation is 1. The van der Waals surface area contributed by atoms with E-state index in [2.05, 4.69) is 31.2 Å². The van der Waals surface area contributed by atoms with Gasteiger partial charge in [-0.05, 0) is 36.5 Å². The second kappa shape index (κ2) is 4.02. The van der Waals surface area contributed by atoms with E-state index in [1.807, 2.05) is 0 Å². The van der Waals surface area contributed by atoms with E-state index in [1.165, 1.54) is 22.3 Å². The van der Waals surface area contributed by atoms with Crippen molar-refractivity contribution < 1.29 is 9.59 Å². The Balaban J connectivity index is 1.95. The van der Waals surface area contributed by atoms with Gasteiger partial charge in [-0.15, -0.1) is 0 Å². The van der Waals surface area contributed by atoms with E-state index < -0.39 is 0 Å². The van der Waals surface area contributed by atoms with E-state index in [0.29, 0.717) is 12.8 Å². The van der Waals surface area contributed by atoms with Crippen LogP contribution < -0.4 is 0 Å². The fourth-order valence-corrected chi connectivity index (χ4v) is 3.90. The number of Topliss-reactive ketones (excluding diaryl/α,β-unsaturated/α-hetero) is 2. The van der Waals surface area contributed by atoms with Crippen LogP contribution in [0.25, 0.3) is 0 Å². The zero-order valence-electron chi connectivity index (χ0n) is 11.5. The fourth-order valence-electron chi connectivity index (χ4n) is 3.90. The van der Waals surface area contributed by atoms with Crippen LogP contribution in [0.2, 0.25) is 0 Å². The zero-order chi connectivity index (χ0) is 13.9. The van der Waals surface area contributed by atoms with Gasteiger partial charge < -0.3 is 0 Å². The van der Waals surface area contributed by atoms with Gasteiger partial charge in [-0.2, -0.15) is 0 Å². The van der Waals surface area contributed by atoms with E-state index in [9.17, 15) is 9.59 Å². The molecular weight excluding hydrogens is 248 g/mol. The van der Waals surface area contributed by atoms with Crippen molar-refractivity contribution >= 4 is 11.6 Å². The minimum atomic E-state index is -0.219. The second-order valence-electron chi connectivity index (χ2n) is 6.10. The number of carbonyl (C=O) groups is 2. The summed E-state index contributed by atoms with van der Waals surface area (Å²) in [6, 6.07) is 4.51. The smallest absolute Gasteiger partial charge is 0.202 e. The summed E-state index contributed by atoms with van der Waals surface area (Å²) >= 11 is 0. The summed E-state index contributed by atoms with van der Waals surface area (Å²) in [5.74, 6) is -0.245. The number of allylic oxidation sites excluding steroid dienone is 4. The molecule has 1 aromatic rings. The highest BCUT2D eigenvalue weighted by molar-refractivity contribution is 6.38. The minimum Gasteiger partial charge on any atom is -0.291 e. The Hall–Kier alpha value is -1.96. The first-order valence-corrected chi connectivity index (χ1v) is 7.19. The normalized spacial score (nSPS) is 21.1. The van der Waals surface area contributed by atoms with E-state index >= 15 is 0 Å². The Bertz CT molecular complexity index is 662. The molecule has 0 radical (unpaired) electrons. The fraction of sp³-hybridized carbons (Fsp3) is 0.333. The number of hydrogen-bond acceptors (Lipinski definition) is 2. The monoisotopic (exact) mass is 264 g/mol. The van der Waals surface area contributed by atoms with Crippen molar-refractivity contribution in [3.8, 4) is 0 Å². The van der Waals surface area contributed by atoms with Gasteiger partial charge >= 0.3 is 0 Å². The van der Waals surface area contributed by atoms with E-state index in [0.717, 1.165) is 24.0 Å². The van der Waals surface area contributed by atoms with Gasteiger partial charge in [-0.3, -0.25) is 9.59 Å². The summed E-state index contributed by atoms with van der Waals surface area (Å²) in [4.78, 5) is 23.8. The number of ketones is 2. The maximum atomic E-state index is 11.9. The largest absolute Gasteiger partial charge is 0.291 e. The van der Waals surface area contributed by atoms with Crippen molar-refractivity contribution in [1.82, 2.24) is 0 Å². The molecule has 0 saturated heterocycles. The summed E-state index contributed by atoms with van der Waals surface area (Å²) in [5, 5.41) is 0. The molecule has 4 rings (SSSR count). The first-order chi connectivity index (χ1) is 9.63. The van der Waals surface area contributed by atoms with Crippen molar-refractivity contribution in [2.75, 3.05) is 0 Å². The Morgan fingerprint density at radius 2 is 1.40 bits per heavy atom. The molecule has 0 amide bonds. The number of carbonyl (C=O) groups excluding carboxylic acids is 2. The minimum absolute atomic E-state index is 0.193. The van der Waals surface area contributed by atoms with Gasteiger partial charge in [-0.25, -0.2) is 0 Å². The summed E-state index contributed by atoms with van der Waals surface area (Å²) < 4.78 is 0. The number of benzene rings is 1. The van der Waals surface area contributed by atoms with Gasteiger partial charge in [-0.1, -0.05) is 41.0 Å². The van der Waals surface area contributed by atoms with Gasteiger partial charge in [0.05, 0.1) is 0 Å². The van der Waals surface area contributed by atoms with E-state index in [4.69, 9.17) is 0 Å². The van der Waals surface area contributed by atoms with E-state index in [-0.39, 0.29) is 17.5 Å². The average Bonchev–Trinajstić information content (AvgIpc) is 2.54. The summed E-state index contributed by atoms with van der Waals surface area (Å²) in [6.45, 7) is 2.13. The van der Waals surface area contributed by atoms with Gasteiger partial charge in [0, 0.05) is 18.8 Å². The maximum absolute atomic E-state index is 11.9. The predicted molar refractivity (Wildman–Crippen MR) is 76.7 cm³/mol. The first-order valence-electron chi connectivity index (χ1n) is 7.19. The maximum Gasteiger partial charge on any atom is 0.202 e. The molecule has 0 bridgehead atoms. The molecule has 0 atom stereocenters. The van der Waals surface area contributed by atoms with Crippen LogP contribution in [0.15, 0.2) is 35.4 Å². The Morgan fingerprint density at radius 1 is 0.900 bits per heavy atom. The van der Waals surface area contributed by atoms with Crippen LogP contribution in [-0.2, 0) is 22.4 Å². The lowest BCUT2D eigenvalue weighted by molar-refractivity contribution is -0.135. The molecule has 100 valence electrons. The standard InChI is InChI=1S/C18H16O2/c1-10-6-11-2-4-13-8-15(19)16(20)9-14-5-3-12(7-10)17(11)18(13)14/h4-7,18H,2-3,8-9H2,1H3. The average molecular weight is 264 g/mol. The third-order valence-electron chi connectivity index (χ3n) is 4.73. The summed E-state index contributed by atoms with van der Waals surface area (Å²) in [5.41, 5.74) is 7.72. The molecule has 0 aliphatic heterocycles. The number of hydrogen-bond donors (Lipinski definition) is 0. The molecule has 2 heteroatoms. The van der Waals surface area contributed by atoms with Crippen molar-refractivity contribution in [3.05, 3.63) is 57.7 Å². The third-order valence-corrected chi connectivity index (χ3v) is 4.73. The molecule has 0 spiro atoms. The molecule has 0 unspecified atom stereocenters. The van der Waals surface area contributed by atoms with Gasteiger partial charge in [0.2, 0.25) is 11.6 Å². The highest BCUT2D eigenvalue weighted by atomic mass is 16.2. The molecule has 20 heavy (non-hydrogen) atoms. The first kappa shape index (κ1) is 11.8. The van der Waals surface area contributed by atoms with Crippen LogP contribution in [0.5, 0.6) is 0 Å². The predicted octanol–water partition coefficient (Wildman–Crippen LogP) is 2.98. The molecule has 2 nitrogen and oxygen atoms in total. The Kier molecular flexibility index (Phi) is 2.38. The lowest BCUT2D eigenvalue weighted by atomic mass is 9.71. The van der Waals surface area contributed by atoms with E-state index in [1.54, 1.807) is 0 Å². The van der Waals surface area contributed by atoms with Crippen molar-refractivity contribution in [2.24, 2.45) is 0 Å². The summed E-state index contributed by atoms with van der Waals surface area (Å²) in [6.07, 6.45) is 6.76. The molecule has 1 fully saturated rings. The topological polar surface area (TPSA) is 34.1 Å². The molecule has 0 heterocycles. The van der Waals surface area contributed by atoms with Crippen LogP contribution >= 0.6 is 0 Å². The van der Waals surface area contributed by atoms with Crippen LogP contribution in [0.1, 0.15) is 41.0 Å². The molecule has 1 aromatic carbocycles. The zero-order valence-corrected chi connectivity index (χ0v) is 11.5. The number of rotatable bonds is 0. The second-order valence-corrected chi connectivity index (χ2v) is 6.10. The van der Waals surface area contributed by atoms with Crippen LogP contribution in [-0.4, -0.2) is 11.6 Å². The van der Waals surface area contributed by atoms with Gasteiger partial charge in [0.1, 0.15) is 0 Å². The van der Waals surface area contributed by atoms with Crippen molar-refractivity contribution in [1.29, 1.82) is 0 Å². The van der Waals surface area contributed by atoms with Gasteiger partial charge in [0.25, 0.3) is 0 Å². The van der Waals surface area contributed by atoms with Gasteiger partial charge in [0.15, 0.2) is 0 Å². The summed E-state index contributed by atoms with van der Waals surface area (Å²) in [7, 11) is 0. The van der Waals surface area contributed by atoms with Crippen molar-refractivity contribution in [2.45, 2.75) is 38.5 Å². The highest BCUT2D eigenvalue weighted by Crippen LogP contribution is 2.46. The molecule has 0 aromatic heterocycles. The molecule has 0 N–H and O–H groups in total. The molecule has 3 aliphatic carbocycles.